The van der Waals surface area contributed by atoms with Gasteiger partial charge in [0.15, 0.2) is 0 Å². The Morgan fingerprint density at radius 2 is 1.65 bits per heavy atom. The van der Waals surface area contributed by atoms with Crippen molar-refractivity contribution in [1.82, 2.24) is 10.2 Å². The highest BCUT2D eigenvalue weighted by Gasteiger charge is 2.36. The second kappa shape index (κ2) is 12.6. The lowest BCUT2D eigenvalue weighted by Crippen LogP contribution is -2.47. The third-order valence-electron chi connectivity index (χ3n) is 7.72. The monoisotopic (exact) mass is 522 g/mol. The number of carboxylic acids is 1. The molecule has 1 atom stereocenters. The Kier molecular flexibility index (Phi) is 9.74. The first-order chi connectivity index (χ1) is 17.3. The van der Waals surface area contributed by atoms with Crippen molar-refractivity contribution >= 4 is 35.1 Å². The molecule has 198 valence electrons. The van der Waals surface area contributed by atoms with E-state index in [1.807, 2.05) is 18.7 Å². The molecule has 37 heavy (non-hydrogen) atoms. The van der Waals surface area contributed by atoms with Crippen LogP contribution in [0.25, 0.3) is 10.8 Å². The average molecular weight is 523 g/mol. The van der Waals surface area contributed by atoms with Crippen LogP contribution < -0.4 is 5.32 Å². The summed E-state index contributed by atoms with van der Waals surface area (Å²) in [6, 6.07) is 23.7. The Balaban J connectivity index is 0.00000380. The molecule has 1 unspecified atom stereocenters. The zero-order valence-corrected chi connectivity index (χ0v) is 22.9. The van der Waals surface area contributed by atoms with Crippen LogP contribution in [0.2, 0.25) is 0 Å². The highest BCUT2D eigenvalue weighted by Crippen LogP contribution is 2.29. The average Bonchev–Trinajstić information content (AvgIpc) is 2.90. The van der Waals surface area contributed by atoms with Crippen LogP contribution in [0.1, 0.15) is 62.8 Å². The number of carbonyl (C=O) groups excluding carboxylic acids is 1. The van der Waals surface area contributed by atoms with Crippen molar-refractivity contribution in [2.24, 2.45) is 5.92 Å². The molecule has 3 aromatic rings. The van der Waals surface area contributed by atoms with Crippen molar-refractivity contribution in [2.75, 3.05) is 19.6 Å². The van der Waals surface area contributed by atoms with Gasteiger partial charge in [0, 0.05) is 19.1 Å². The van der Waals surface area contributed by atoms with Crippen molar-refractivity contribution in [3.63, 3.8) is 0 Å². The molecule has 1 heterocycles. The molecule has 0 radical (unpaired) electrons. The number of hydrogen-bond donors (Lipinski definition) is 2. The quantitative estimate of drug-likeness (QED) is 0.331. The second-order valence-electron chi connectivity index (χ2n) is 10.6. The fourth-order valence-corrected chi connectivity index (χ4v) is 5.29. The van der Waals surface area contributed by atoms with Crippen LogP contribution in [0.3, 0.4) is 0 Å². The fourth-order valence-electron chi connectivity index (χ4n) is 5.29. The van der Waals surface area contributed by atoms with E-state index in [4.69, 9.17) is 0 Å². The first-order valence-electron chi connectivity index (χ1n) is 13.1. The summed E-state index contributed by atoms with van der Waals surface area (Å²) in [4.78, 5) is 26.3. The summed E-state index contributed by atoms with van der Waals surface area (Å²) in [6.07, 6.45) is 3.08. The summed E-state index contributed by atoms with van der Waals surface area (Å²) in [6.45, 7) is 8.11. The van der Waals surface area contributed by atoms with E-state index in [-0.39, 0.29) is 30.3 Å². The third kappa shape index (κ3) is 6.71. The topological polar surface area (TPSA) is 69.6 Å². The normalized spacial score (nSPS) is 15.3. The van der Waals surface area contributed by atoms with Crippen LogP contribution in [0, 0.1) is 5.92 Å². The molecule has 1 aliphatic rings. The molecule has 1 saturated heterocycles. The molecule has 0 aliphatic carbocycles. The van der Waals surface area contributed by atoms with Gasteiger partial charge >= 0.3 is 5.97 Å². The van der Waals surface area contributed by atoms with Gasteiger partial charge in [-0.05, 0) is 80.5 Å². The number of carboxylic acid groups (broad SMARTS) is 1. The highest BCUT2D eigenvalue weighted by atomic mass is 35.5. The predicted molar refractivity (Wildman–Crippen MR) is 152 cm³/mol. The van der Waals surface area contributed by atoms with Gasteiger partial charge < -0.3 is 15.3 Å². The lowest BCUT2D eigenvalue weighted by atomic mass is 9.82. The lowest BCUT2D eigenvalue weighted by Gasteiger charge is -2.36. The SMILES string of the molecule is CC(NCCCc1ccc(C(C)(C)C(=O)N2CCC(C(=O)O)CC2)cc1)c1cccc2ccccc12.Cl. The second-order valence-corrected chi connectivity index (χ2v) is 10.6. The number of nitrogens with zero attached hydrogens (tertiary/aromatic N) is 1. The van der Waals surface area contributed by atoms with Crippen LogP contribution in [0.4, 0.5) is 0 Å². The van der Waals surface area contributed by atoms with Gasteiger partial charge in [-0.2, -0.15) is 0 Å². The van der Waals surface area contributed by atoms with Crippen LogP contribution in [0.15, 0.2) is 66.7 Å². The molecular formula is C31H39ClN2O3. The van der Waals surface area contributed by atoms with E-state index < -0.39 is 11.4 Å². The number of rotatable bonds is 9. The van der Waals surface area contributed by atoms with E-state index in [9.17, 15) is 14.7 Å². The largest absolute Gasteiger partial charge is 0.481 e. The van der Waals surface area contributed by atoms with Gasteiger partial charge in [0.2, 0.25) is 5.91 Å². The van der Waals surface area contributed by atoms with Gasteiger partial charge in [0.25, 0.3) is 0 Å². The van der Waals surface area contributed by atoms with E-state index in [1.165, 1.54) is 21.9 Å². The number of likely N-dealkylation sites (tertiary alicyclic amines) is 1. The van der Waals surface area contributed by atoms with E-state index in [1.54, 1.807) is 0 Å². The van der Waals surface area contributed by atoms with E-state index in [2.05, 4.69) is 79.0 Å². The zero-order chi connectivity index (χ0) is 25.7. The summed E-state index contributed by atoms with van der Waals surface area (Å²) in [7, 11) is 0. The van der Waals surface area contributed by atoms with Gasteiger partial charge in [-0.1, -0.05) is 66.7 Å². The smallest absolute Gasteiger partial charge is 0.306 e. The number of hydrogen-bond acceptors (Lipinski definition) is 3. The Labute approximate surface area is 226 Å². The molecule has 1 amide bonds. The fraction of sp³-hybridized carbons (Fsp3) is 0.419. The number of amides is 1. The molecule has 5 nitrogen and oxygen atoms in total. The summed E-state index contributed by atoms with van der Waals surface area (Å²) in [5.74, 6) is -1.01. The highest BCUT2D eigenvalue weighted by molar-refractivity contribution is 5.88. The van der Waals surface area contributed by atoms with Gasteiger partial charge in [0.1, 0.15) is 0 Å². The molecule has 1 fully saturated rings. The van der Waals surface area contributed by atoms with E-state index in [0.717, 1.165) is 24.9 Å². The molecule has 2 N–H and O–H groups in total. The first-order valence-corrected chi connectivity index (χ1v) is 13.1. The summed E-state index contributed by atoms with van der Waals surface area (Å²) < 4.78 is 0. The molecule has 0 spiro atoms. The molecule has 6 heteroatoms. The molecule has 0 bridgehead atoms. The van der Waals surface area contributed by atoms with Crippen LogP contribution in [-0.2, 0) is 21.4 Å². The zero-order valence-electron chi connectivity index (χ0n) is 22.1. The number of aryl methyl sites for hydroxylation is 1. The number of carbonyl (C=O) groups is 2. The summed E-state index contributed by atoms with van der Waals surface area (Å²) in [5.41, 5.74) is 2.96. The molecule has 3 aromatic carbocycles. The van der Waals surface area contributed by atoms with Crippen molar-refractivity contribution in [2.45, 2.75) is 57.9 Å². The Morgan fingerprint density at radius 1 is 1.00 bits per heavy atom. The first kappa shape index (κ1) is 28.7. The van der Waals surface area contributed by atoms with Gasteiger partial charge in [-0.3, -0.25) is 9.59 Å². The van der Waals surface area contributed by atoms with Crippen molar-refractivity contribution < 1.29 is 14.7 Å². The summed E-state index contributed by atoms with van der Waals surface area (Å²) >= 11 is 0. The third-order valence-corrected chi connectivity index (χ3v) is 7.72. The minimum Gasteiger partial charge on any atom is -0.481 e. The minimum absolute atomic E-state index is 0. The molecular weight excluding hydrogens is 484 g/mol. The number of nitrogens with one attached hydrogen (secondary N) is 1. The van der Waals surface area contributed by atoms with Crippen LogP contribution in [0.5, 0.6) is 0 Å². The molecule has 4 rings (SSSR count). The van der Waals surface area contributed by atoms with Gasteiger partial charge in [-0.25, -0.2) is 0 Å². The minimum atomic E-state index is -0.754. The van der Waals surface area contributed by atoms with Crippen molar-refractivity contribution in [1.29, 1.82) is 0 Å². The maximum atomic E-state index is 13.2. The van der Waals surface area contributed by atoms with E-state index in [0.29, 0.717) is 25.9 Å². The number of halogens is 1. The van der Waals surface area contributed by atoms with Gasteiger partial charge in [-0.15, -0.1) is 12.4 Å². The van der Waals surface area contributed by atoms with Crippen LogP contribution >= 0.6 is 12.4 Å². The summed E-state index contributed by atoms with van der Waals surface area (Å²) in [5, 5.41) is 15.5. The Hall–Kier alpha value is -2.89. The van der Waals surface area contributed by atoms with Gasteiger partial charge in [0.05, 0.1) is 11.3 Å². The van der Waals surface area contributed by atoms with Crippen LogP contribution in [-0.4, -0.2) is 41.5 Å². The van der Waals surface area contributed by atoms with E-state index >= 15 is 0 Å². The number of benzene rings is 3. The maximum absolute atomic E-state index is 13.2. The predicted octanol–water partition coefficient (Wildman–Crippen LogP) is 6.15. The molecule has 0 saturated carbocycles. The molecule has 1 aliphatic heterocycles. The molecule has 0 aromatic heterocycles. The number of aliphatic carboxylic acids is 1. The lowest BCUT2D eigenvalue weighted by molar-refractivity contribution is -0.147. The standard InChI is InChI=1S/C31H38N2O3.ClH/c1-22(27-12-6-10-24-9-4-5-11-28(24)27)32-19-7-8-23-13-15-26(16-14-23)31(2,3)30(36)33-20-17-25(18-21-33)29(34)35;/h4-6,9-16,22,25,32H,7-8,17-21H2,1-3H3,(H,34,35);1H. The Morgan fingerprint density at radius 3 is 2.32 bits per heavy atom. The number of fused-ring (bicyclic) bond motifs is 1. The number of piperidine rings is 1. The van der Waals surface area contributed by atoms with Crippen molar-refractivity contribution in [3.8, 4) is 0 Å². The maximum Gasteiger partial charge on any atom is 0.306 e. The van der Waals surface area contributed by atoms with Crippen molar-refractivity contribution in [3.05, 3.63) is 83.4 Å². The Bertz CT molecular complexity index is 1200.